The van der Waals surface area contributed by atoms with Gasteiger partial charge in [0.2, 0.25) is 5.91 Å². The monoisotopic (exact) mass is 566 g/mol. The average Bonchev–Trinajstić information content (AvgIpc) is 3.62. The van der Waals surface area contributed by atoms with Gasteiger partial charge in [-0.2, -0.15) is 0 Å². The minimum atomic E-state index is 0.0467. The third kappa shape index (κ3) is 5.89. The van der Waals surface area contributed by atoms with Crippen LogP contribution in [0.5, 0.6) is 11.5 Å². The number of rotatable bonds is 11. The summed E-state index contributed by atoms with van der Waals surface area (Å²) in [5.74, 6) is 2.53. The number of nitrogen functional groups attached to an aromatic ring is 1. The van der Waals surface area contributed by atoms with Crippen molar-refractivity contribution in [2.24, 2.45) is 0 Å². The van der Waals surface area contributed by atoms with Gasteiger partial charge in [0.15, 0.2) is 0 Å². The number of ether oxygens (including phenoxy) is 2. The Hall–Kier alpha value is -4.21. The molecule has 1 saturated carbocycles. The SMILES string of the molecule is COCCN(C)CC=CC(=O)N1CCC(n2c(C3CC3)c(-c3ccc(Oc4ccccc4)cc3)c3c(N)ncnc32)C1. The lowest BCUT2D eigenvalue weighted by atomic mass is 10.0. The summed E-state index contributed by atoms with van der Waals surface area (Å²) in [6.45, 7) is 3.54. The number of para-hydroxylation sites is 1. The number of hydrogen-bond donors (Lipinski definition) is 1. The number of aromatic nitrogens is 3. The Labute approximate surface area is 246 Å². The summed E-state index contributed by atoms with van der Waals surface area (Å²) in [4.78, 5) is 26.3. The topological polar surface area (TPSA) is 98.7 Å². The molecule has 3 heterocycles. The fourth-order valence-corrected chi connectivity index (χ4v) is 5.84. The summed E-state index contributed by atoms with van der Waals surface area (Å²) in [6, 6.07) is 18.1. The number of carbonyl (C=O) groups excluding carboxylic acids is 1. The molecule has 2 aromatic carbocycles. The molecule has 6 rings (SSSR count). The highest BCUT2D eigenvalue weighted by Crippen LogP contribution is 2.51. The second-order valence-electron chi connectivity index (χ2n) is 11.2. The van der Waals surface area contributed by atoms with Crippen LogP contribution in [0.1, 0.15) is 36.9 Å². The predicted octanol–water partition coefficient (Wildman–Crippen LogP) is 5.26. The van der Waals surface area contributed by atoms with Crippen LogP contribution in [0.3, 0.4) is 0 Å². The van der Waals surface area contributed by atoms with Gasteiger partial charge in [0.25, 0.3) is 0 Å². The number of benzene rings is 2. The van der Waals surface area contributed by atoms with E-state index >= 15 is 0 Å². The van der Waals surface area contributed by atoms with Crippen LogP contribution in [0.15, 0.2) is 73.1 Å². The van der Waals surface area contributed by atoms with E-state index < -0.39 is 0 Å². The van der Waals surface area contributed by atoms with Crippen LogP contribution in [0.2, 0.25) is 0 Å². The van der Waals surface area contributed by atoms with Crippen LogP contribution >= 0.6 is 0 Å². The molecule has 1 aliphatic carbocycles. The molecule has 0 bridgehead atoms. The zero-order chi connectivity index (χ0) is 29.1. The quantitative estimate of drug-likeness (QED) is 0.247. The highest BCUT2D eigenvalue weighted by molar-refractivity contribution is 6.03. The first-order valence-corrected chi connectivity index (χ1v) is 14.6. The molecule has 1 amide bonds. The Balaban J connectivity index is 1.28. The Morgan fingerprint density at radius 1 is 1.07 bits per heavy atom. The van der Waals surface area contributed by atoms with Crippen molar-refractivity contribution >= 4 is 22.8 Å². The fourth-order valence-electron chi connectivity index (χ4n) is 5.84. The number of anilines is 1. The van der Waals surface area contributed by atoms with E-state index in [-0.39, 0.29) is 11.9 Å². The van der Waals surface area contributed by atoms with Crippen molar-refractivity contribution in [3.63, 3.8) is 0 Å². The molecule has 1 unspecified atom stereocenters. The van der Waals surface area contributed by atoms with Gasteiger partial charge in [-0.05, 0) is 62.1 Å². The van der Waals surface area contributed by atoms with E-state index in [4.69, 9.17) is 20.2 Å². The van der Waals surface area contributed by atoms with E-state index in [0.717, 1.165) is 59.5 Å². The summed E-state index contributed by atoms with van der Waals surface area (Å²) in [7, 11) is 3.71. The van der Waals surface area contributed by atoms with Crippen molar-refractivity contribution in [2.45, 2.75) is 31.2 Å². The van der Waals surface area contributed by atoms with E-state index in [0.29, 0.717) is 38.0 Å². The van der Waals surface area contributed by atoms with Gasteiger partial charge >= 0.3 is 0 Å². The van der Waals surface area contributed by atoms with Gasteiger partial charge in [0.1, 0.15) is 29.3 Å². The molecule has 4 aromatic rings. The molecule has 2 aromatic heterocycles. The predicted molar refractivity (Wildman–Crippen MR) is 165 cm³/mol. The van der Waals surface area contributed by atoms with Crippen LogP contribution in [-0.2, 0) is 9.53 Å². The van der Waals surface area contributed by atoms with Gasteiger partial charge < -0.3 is 29.6 Å². The van der Waals surface area contributed by atoms with Crippen molar-refractivity contribution in [1.82, 2.24) is 24.3 Å². The Kier molecular flexibility index (Phi) is 8.21. The number of hydrogen-bond acceptors (Lipinski definition) is 7. The van der Waals surface area contributed by atoms with Crippen molar-refractivity contribution in [3.05, 3.63) is 78.8 Å². The Morgan fingerprint density at radius 2 is 1.83 bits per heavy atom. The zero-order valence-corrected chi connectivity index (χ0v) is 24.3. The molecule has 218 valence electrons. The van der Waals surface area contributed by atoms with Crippen LogP contribution in [0, 0.1) is 0 Å². The van der Waals surface area contributed by atoms with E-state index in [2.05, 4.69) is 26.6 Å². The summed E-state index contributed by atoms with van der Waals surface area (Å²) in [5, 5.41) is 0.889. The minimum Gasteiger partial charge on any atom is -0.457 e. The van der Waals surface area contributed by atoms with Crippen molar-refractivity contribution in [3.8, 4) is 22.6 Å². The largest absolute Gasteiger partial charge is 0.457 e. The molecule has 0 spiro atoms. The summed E-state index contributed by atoms with van der Waals surface area (Å²) >= 11 is 0. The lowest BCUT2D eigenvalue weighted by Crippen LogP contribution is -2.28. The number of carbonyl (C=O) groups is 1. The molecule has 1 aliphatic heterocycles. The molecule has 1 atom stereocenters. The maximum Gasteiger partial charge on any atom is 0.246 e. The van der Waals surface area contributed by atoms with Crippen molar-refractivity contribution < 1.29 is 14.3 Å². The van der Waals surface area contributed by atoms with Gasteiger partial charge in [0, 0.05) is 50.6 Å². The molecule has 2 aliphatic rings. The highest BCUT2D eigenvalue weighted by atomic mass is 16.5. The van der Waals surface area contributed by atoms with Crippen LogP contribution < -0.4 is 10.5 Å². The first-order valence-electron chi connectivity index (χ1n) is 14.6. The van der Waals surface area contributed by atoms with E-state index in [1.165, 1.54) is 5.69 Å². The maximum atomic E-state index is 13.1. The third-order valence-corrected chi connectivity index (χ3v) is 8.13. The number of fused-ring (bicyclic) bond motifs is 1. The summed E-state index contributed by atoms with van der Waals surface area (Å²) < 4.78 is 13.5. The van der Waals surface area contributed by atoms with Gasteiger partial charge in [-0.3, -0.25) is 4.79 Å². The highest BCUT2D eigenvalue weighted by Gasteiger charge is 2.38. The van der Waals surface area contributed by atoms with Crippen LogP contribution in [0.4, 0.5) is 5.82 Å². The molecule has 42 heavy (non-hydrogen) atoms. The number of methoxy groups -OCH3 is 1. The number of nitrogens with zero attached hydrogens (tertiary/aromatic N) is 5. The average molecular weight is 567 g/mol. The van der Waals surface area contributed by atoms with Gasteiger partial charge in [0.05, 0.1) is 18.0 Å². The molecule has 9 nitrogen and oxygen atoms in total. The van der Waals surface area contributed by atoms with E-state index in [9.17, 15) is 4.79 Å². The first-order chi connectivity index (χ1) is 20.5. The summed E-state index contributed by atoms with van der Waals surface area (Å²) in [5.41, 5.74) is 10.8. The van der Waals surface area contributed by atoms with E-state index in [1.54, 1.807) is 19.5 Å². The van der Waals surface area contributed by atoms with Crippen LogP contribution in [0.25, 0.3) is 22.2 Å². The second kappa shape index (κ2) is 12.3. The van der Waals surface area contributed by atoms with Gasteiger partial charge in [-0.25, -0.2) is 9.97 Å². The lowest BCUT2D eigenvalue weighted by Gasteiger charge is -2.19. The second-order valence-corrected chi connectivity index (χ2v) is 11.2. The molecule has 2 fully saturated rings. The lowest BCUT2D eigenvalue weighted by molar-refractivity contribution is -0.125. The Morgan fingerprint density at radius 3 is 2.57 bits per heavy atom. The summed E-state index contributed by atoms with van der Waals surface area (Å²) in [6.07, 6.45) is 8.30. The minimum absolute atomic E-state index is 0.0467. The van der Waals surface area contributed by atoms with Crippen molar-refractivity contribution in [1.29, 1.82) is 0 Å². The zero-order valence-electron chi connectivity index (χ0n) is 24.3. The normalized spacial score (nSPS) is 17.1. The molecule has 1 saturated heterocycles. The molecule has 9 heteroatoms. The molecule has 0 radical (unpaired) electrons. The maximum absolute atomic E-state index is 13.1. The smallest absolute Gasteiger partial charge is 0.246 e. The van der Waals surface area contributed by atoms with Crippen LogP contribution in [-0.4, -0.2) is 77.2 Å². The number of likely N-dealkylation sites (N-methyl/N-ethyl adjacent to an activating group) is 1. The Bertz CT molecular complexity index is 1560. The standard InChI is InChI=1S/C33H38N6O3/c1-37(19-20-41-2)17-6-9-28(40)38-18-16-25(21-38)39-31(24-10-11-24)29(30-32(34)35-22-36-33(30)39)23-12-14-27(15-13-23)42-26-7-4-3-5-8-26/h3-9,12-15,22,24-25H,10-11,16-21H2,1-2H3,(H2,34,35,36). The van der Waals surface area contributed by atoms with Gasteiger partial charge in [-0.1, -0.05) is 36.4 Å². The number of likely N-dealkylation sites (tertiary alicyclic amines) is 1. The molecular weight excluding hydrogens is 528 g/mol. The third-order valence-electron chi connectivity index (χ3n) is 8.13. The number of nitrogens with two attached hydrogens (primary N) is 1. The first kappa shape index (κ1) is 27.9. The molecule has 2 N–H and O–H groups in total. The fraction of sp³-hybridized carbons (Fsp3) is 0.364. The van der Waals surface area contributed by atoms with E-state index in [1.807, 2.05) is 60.5 Å². The number of amides is 1. The molecular formula is C33H38N6O3. The van der Waals surface area contributed by atoms with Gasteiger partial charge in [-0.15, -0.1) is 0 Å². The van der Waals surface area contributed by atoms with Crippen molar-refractivity contribution in [2.75, 3.05) is 52.7 Å².